The molecule has 1 fully saturated rings. The van der Waals surface area contributed by atoms with Gasteiger partial charge < -0.3 is 14.3 Å². The average Bonchev–Trinajstić information content (AvgIpc) is 3.22. The maximum Gasteiger partial charge on any atom is 0.276 e. The first kappa shape index (κ1) is 16.1. The van der Waals surface area contributed by atoms with E-state index in [4.69, 9.17) is 4.52 Å². The lowest BCUT2D eigenvalue weighted by Crippen LogP contribution is -2.31. The van der Waals surface area contributed by atoms with E-state index in [9.17, 15) is 4.79 Å². The van der Waals surface area contributed by atoms with Gasteiger partial charge in [0.15, 0.2) is 5.69 Å². The van der Waals surface area contributed by atoms with Crippen LogP contribution in [-0.4, -0.2) is 52.5 Å². The third-order valence-corrected chi connectivity index (χ3v) is 5.17. The predicted octanol–water partition coefficient (Wildman–Crippen LogP) is 2.34. The molecule has 1 amide bonds. The van der Waals surface area contributed by atoms with Gasteiger partial charge in [0.05, 0.1) is 11.2 Å². The summed E-state index contributed by atoms with van der Waals surface area (Å²) in [6.07, 6.45) is 1.04. The quantitative estimate of drug-likeness (QED) is 0.840. The number of nitrogens with zero attached hydrogens (tertiary/aromatic N) is 4. The average molecular weight is 334 g/mol. The van der Waals surface area contributed by atoms with Crippen LogP contribution in [0.1, 0.15) is 33.2 Å². The Bertz CT molecular complexity index is 681. The summed E-state index contributed by atoms with van der Waals surface area (Å²) in [5.74, 6) is 1.15. The second-order valence-electron chi connectivity index (χ2n) is 6.29. The molecule has 1 aliphatic heterocycles. The number of aromatic nitrogens is 2. The Hall–Kier alpha value is -1.73. The van der Waals surface area contributed by atoms with Crippen LogP contribution in [0.4, 0.5) is 0 Å². The predicted molar refractivity (Wildman–Crippen MR) is 88.4 cm³/mol. The topological polar surface area (TPSA) is 62.5 Å². The Kier molecular flexibility index (Phi) is 4.77. The summed E-state index contributed by atoms with van der Waals surface area (Å²) in [5, 5.41) is 3.82. The monoisotopic (exact) mass is 334 g/mol. The van der Waals surface area contributed by atoms with E-state index in [0.29, 0.717) is 17.4 Å². The van der Waals surface area contributed by atoms with Gasteiger partial charge in [-0.1, -0.05) is 5.16 Å². The number of thiazole rings is 1. The lowest BCUT2D eigenvalue weighted by atomic mass is 10.1. The van der Waals surface area contributed by atoms with Crippen molar-refractivity contribution in [1.29, 1.82) is 0 Å². The molecule has 3 heterocycles. The molecule has 3 rings (SSSR count). The van der Waals surface area contributed by atoms with Gasteiger partial charge in [0.1, 0.15) is 5.76 Å². The van der Waals surface area contributed by atoms with Crippen LogP contribution >= 0.6 is 11.3 Å². The molecule has 23 heavy (non-hydrogen) atoms. The summed E-state index contributed by atoms with van der Waals surface area (Å²) >= 11 is 1.70. The van der Waals surface area contributed by atoms with E-state index in [1.807, 2.05) is 10.4 Å². The Morgan fingerprint density at radius 2 is 2.35 bits per heavy atom. The molecular formula is C16H22N4O2S. The van der Waals surface area contributed by atoms with Gasteiger partial charge in [-0.05, 0) is 33.2 Å². The van der Waals surface area contributed by atoms with Crippen molar-refractivity contribution < 1.29 is 9.32 Å². The normalized spacial score (nSPS) is 18.1. The molecule has 1 atom stereocenters. The molecule has 0 N–H and O–H groups in total. The number of rotatable bonds is 5. The summed E-state index contributed by atoms with van der Waals surface area (Å²) in [6, 6.07) is 1.70. The second kappa shape index (κ2) is 6.80. The van der Waals surface area contributed by atoms with E-state index in [1.165, 1.54) is 4.88 Å². The molecule has 0 bridgehead atoms. The van der Waals surface area contributed by atoms with Crippen molar-refractivity contribution in [1.82, 2.24) is 19.9 Å². The lowest BCUT2D eigenvalue weighted by Gasteiger charge is -2.21. The van der Waals surface area contributed by atoms with Gasteiger partial charge in [0, 0.05) is 37.1 Å². The zero-order valence-electron chi connectivity index (χ0n) is 13.8. The number of carbonyl (C=O) groups excluding carboxylic acids is 1. The van der Waals surface area contributed by atoms with Crippen LogP contribution in [0.5, 0.6) is 0 Å². The molecule has 1 saturated heterocycles. The maximum atomic E-state index is 12.4. The first-order valence-corrected chi connectivity index (χ1v) is 8.71. The molecule has 2 aromatic rings. The van der Waals surface area contributed by atoms with E-state index in [-0.39, 0.29) is 5.91 Å². The Labute approximate surface area is 140 Å². The van der Waals surface area contributed by atoms with Crippen LogP contribution in [-0.2, 0) is 6.54 Å². The van der Waals surface area contributed by atoms with Crippen LogP contribution in [0.15, 0.2) is 16.1 Å². The smallest absolute Gasteiger partial charge is 0.276 e. The van der Waals surface area contributed by atoms with E-state index in [0.717, 1.165) is 38.3 Å². The molecule has 7 heteroatoms. The van der Waals surface area contributed by atoms with Crippen molar-refractivity contribution in [3.05, 3.63) is 33.6 Å². The molecule has 124 valence electrons. The van der Waals surface area contributed by atoms with Crippen LogP contribution in [0.3, 0.4) is 0 Å². The van der Waals surface area contributed by atoms with Crippen LogP contribution in [0, 0.1) is 19.8 Å². The molecule has 2 aromatic heterocycles. The number of hydrogen-bond donors (Lipinski definition) is 0. The molecule has 1 aliphatic rings. The highest BCUT2D eigenvalue weighted by atomic mass is 32.1. The van der Waals surface area contributed by atoms with Crippen molar-refractivity contribution in [2.45, 2.75) is 26.8 Å². The highest BCUT2D eigenvalue weighted by molar-refractivity contribution is 7.09. The van der Waals surface area contributed by atoms with E-state index >= 15 is 0 Å². The first-order chi connectivity index (χ1) is 11.0. The van der Waals surface area contributed by atoms with Gasteiger partial charge in [-0.15, -0.1) is 11.3 Å². The fourth-order valence-corrected chi connectivity index (χ4v) is 3.88. The van der Waals surface area contributed by atoms with Crippen molar-refractivity contribution in [2.75, 3.05) is 26.7 Å². The summed E-state index contributed by atoms with van der Waals surface area (Å²) < 4.78 is 5.00. The molecule has 0 spiro atoms. The minimum Gasteiger partial charge on any atom is -0.361 e. The van der Waals surface area contributed by atoms with Crippen LogP contribution in [0.25, 0.3) is 0 Å². The summed E-state index contributed by atoms with van der Waals surface area (Å²) in [7, 11) is 2.13. The number of carbonyl (C=O) groups is 1. The highest BCUT2D eigenvalue weighted by Crippen LogP contribution is 2.21. The third kappa shape index (κ3) is 3.79. The molecular weight excluding hydrogens is 312 g/mol. The Morgan fingerprint density at radius 3 is 3.00 bits per heavy atom. The number of likely N-dealkylation sites (tertiary alicyclic amines) is 1. The molecule has 0 aliphatic carbocycles. The van der Waals surface area contributed by atoms with Gasteiger partial charge in [-0.2, -0.15) is 0 Å². The summed E-state index contributed by atoms with van der Waals surface area (Å²) in [6.45, 7) is 7.34. The van der Waals surface area contributed by atoms with Gasteiger partial charge in [0.2, 0.25) is 0 Å². The standard InChI is InChI=1S/C16H22N4O2S/c1-11-6-14(18-22-11)16(21)20-5-4-13(8-20)7-19(3)9-15-12(2)17-10-23-15/h6,10,13H,4-5,7-9H2,1-3H3/t13-/m1/s1. The highest BCUT2D eigenvalue weighted by Gasteiger charge is 2.29. The fourth-order valence-electron chi connectivity index (χ4n) is 3.02. The fraction of sp³-hybridized carbons (Fsp3) is 0.562. The minimum absolute atomic E-state index is 0.0229. The minimum atomic E-state index is -0.0229. The third-order valence-electron chi connectivity index (χ3n) is 4.25. The second-order valence-corrected chi connectivity index (χ2v) is 7.23. The summed E-state index contributed by atoms with van der Waals surface area (Å²) in [5.41, 5.74) is 3.43. The Morgan fingerprint density at radius 1 is 1.52 bits per heavy atom. The zero-order valence-corrected chi connectivity index (χ0v) is 14.6. The number of aryl methyl sites for hydroxylation is 2. The van der Waals surface area contributed by atoms with Gasteiger partial charge in [-0.25, -0.2) is 4.98 Å². The van der Waals surface area contributed by atoms with Gasteiger partial charge in [0.25, 0.3) is 5.91 Å². The summed E-state index contributed by atoms with van der Waals surface area (Å²) in [4.78, 5) is 22.2. The van der Waals surface area contributed by atoms with Crippen molar-refractivity contribution in [3.8, 4) is 0 Å². The molecule has 0 aromatic carbocycles. The largest absolute Gasteiger partial charge is 0.361 e. The van der Waals surface area contributed by atoms with Crippen molar-refractivity contribution in [3.63, 3.8) is 0 Å². The van der Waals surface area contributed by atoms with Gasteiger partial charge >= 0.3 is 0 Å². The molecule has 6 nitrogen and oxygen atoms in total. The van der Waals surface area contributed by atoms with Crippen LogP contribution < -0.4 is 0 Å². The van der Waals surface area contributed by atoms with E-state index in [2.05, 4.69) is 29.0 Å². The van der Waals surface area contributed by atoms with Gasteiger partial charge in [-0.3, -0.25) is 4.79 Å². The molecule has 0 unspecified atom stereocenters. The molecule has 0 radical (unpaired) electrons. The van der Waals surface area contributed by atoms with E-state index in [1.54, 1.807) is 24.3 Å². The van der Waals surface area contributed by atoms with Crippen LogP contribution in [0.2, 0.25) is 0 Å². The lowest BCUT2D eigenvalue weighted by molar-refractivity contribution is 0.0774. The van der Waals surface area contributed by atoms with E-state index < -0.39 is 0 Å². The first-order valence-electron chi connectivity index (χ1n) is 7.83. The van der Waals surface area contributed by atoms with Crippen molar-refractivity contribution in [2.24, 2.45) is 5.92 Å². The maximum absolute atomic E-state index is 12.4. The number of amides is 1. The zero-order chi connectivity index (χ0) is 16.4. The number of hydrogen-bond acceptors (Lipinski definition) is 6. The SMILES string of the molecule is Cc1cc(C(=O)N2CC[C@H](CN(C)Cc3scnc3C)C2)no1. The molecule has 0 saturated carbocycles. The van der Waals surface area contributed by atoms with Crippen molar-refractivity contribution >= 4 is 17.2 Å². The Balaban J connectivity index is 1.51.